The van der Waals surface area contributed by atoms with E-state index < -0.39 is 18.4 Å². The molecule has 0 aromatic rings. The van der Waals surface area contributed by atoms with Gasteiger partial charge in [0.15, 0.2) is 12.4 Å². The second kappa shape index (κ2) is 6.76. The molecule has 85 valence electrons. The van der Waals surface area contributed by atoms with Crippen LogP contribution in [0.2, 0.25) is 0 Å². The highest BCUT2D eigenvalue weighted by atomic mass is 16.7. The summed E-state index contributed by atoms with van der Waals surface area (Å²) in [5.74, 6) is -0.449. The van der Waals surface area contributed by atoms with Crippen LogP contribution in [0.25, 0.3) is 0 Å². The number of carbonyl (C=O) groups excluding carboxylic acids is 1. The summed E-state index contributed by atoms with van der Waals surface area (Å²) < 4.78 is 15.1. The van der Waals surface area contributed by atoms with Crippen LogP contribution in [-0.2, 0) is 19.0 Å². The molecule has 5 heteroatoms. The normalized spacial score (nSPS) is 26.3. The number of ether oxygens (including phenoxy) is 3. The van der Waals surface area contributed by atoms with Crippen molar-refractivity contribution in [3.63, 3.8) is 0 Å². The number of carbonyl (C=O) groups is 1. The molecule has 1 fully saturated rings. The minimum Gasteiger partial charge on any atom is -0.467 e. The van der Waals surface area contributed by atoms with Crippen LogP contribution in [0.1, 0.15) is 6.42 Å². The lowest BCUT2D eigenvalue weighted by Gasteiger charge is -2.27. The fourth-order valence-electron chi connectivity index (χ4n) is 1.10. The second-order valence-corrected chi connectivity index (χ2v) is 2.97. The summed E-state index contributed by atoms with van der Waals surface area (Å²) in [6, 6.07) is 0. The summed E-state index contributed by atoms with van der Waals surface area (Å²) >= 11 is 0. The van der Waals surface area contributed by atoms with Crippen molar-refractivity contribution in [2.75, 3.05) is 20.3 Å². The molecule has 0 amide bonds. The van der Waals surface area contributed by atoms with Crippen LogP contribution >= 0.6 is 0 Å². The van der Waals surface area contributed by atoms with E-state index in [1.807, 2.05) is 0 Å². The van der Waals surface area contributed by atoms with Gasteiger partial charge in [0.05, 0.1) is 13.7 Å². The minimum atomic E-state index is -0.709. The Morgan fingerprint density at radius 3 is 3.00 bits per heavy atom. The van der Waals surface area contributed by atoms with Gasteiger partial charge in [-0.2, -0.15) is 0 Å². The zero-order chi connectivity index (χ0) is 11.1. The molecule has 2 atom stereocenters. The topological polar surface area (TPSA) is 65.0 Å². The first-order valence-electron chi connectivity index (χ1n) is 4.75. The number of methoxy groups -OCH3 is 1. The minimum absolute atomic E-state index is 0.0724. The number of hydrogen-bond donors (Lipinski definition) is 1. The largest absolute Gasteiger partial charge is 0.467 e. The molecule has 1 N–H and O–H groups in total. The van der Waals surface area contributed by atoms with Crippen LogP contribution in [0.15, 0.2) is 0 Å². The maximum atomic E-state index is 11.1. The van der Waals surface area contributed by atoms with Crippen molar-refractivity contribution >= 4 is 5.97 Å². The SMILES string of the molecule is COC(=O)[C@@H]1[CH][CH][CH][C@H](OCCCO)O1. The lowest BCUT2D eigenvalue weighted by molar-refractivity contribution is -0.180. The summed E-state index contributed by atoms with van der Waals surface area (Å²) in [5.41, 5.74) is 0. The molecular weight excluding hydrogens is 200 g/mol. The standard InChI is InChI=1S/C10H15O5/c1-13-10(12)8-4-2-5-9(15-8)14-7-3-6-11/h2,4-5,8-9,11H,3,6-7H2,1H3/t8-,9+/m0/s1. The average molecular weight is 215 g/mol. The summed E-state index contributed by atoms with van der Waals surface area (Å²) in [4.78, 5) is 11.1. The summed E-state index contributed by atoms with van der Waals surface area (Å²) in [5, 5.41) is 8.55. The molecule has 0 aromatic carbocycles. The van der Waals surface area contributed by atoms with Gasteiger partial charge in [0.25, 0.3) is 0 Å². The summed E-state index contributed by atoms with van der Waals surface area (Å²) in [7, 11) is 1.31. The Balaban J connectivity index is 2.26. The van der Waals surface area contributed by atoms with E-state index in [2.05, 4.69) is 4.74 Å². The van der Waals surface area contributed by atoms with Crippen molar-refractivity contribution in [3.8, 4) is 0 Å². The van der Waals surface area contributed by atoms with E-state index in [0.29, 0.717) is 13.0 Å². The molecular formula is C10H15O5. The fourth-order valence-corrected chi connectivity index (χ4v) is 1.10. The molecule has 0 unspecified atom stereocenters. The van der Waals surface area contributed by atoms with Gasteiger partial charge in [-0.3, -0.25) is 0 Å². The van der Waals surface area contributed by atoms with Crippen LogP contribution in [0.4, 0.5) is 0 Å². The molecule has 1 rings (SSSR count). The van der Waals surface area contributed by atoms with Crippen molar-refractivity contribution in [1.82, 2.24) is 0 Å². The molecule has 1 aliphatic rings. The van der Waals surface area contributed by atoms with Gasteiger partial charge in [0.1, 0.15) is 0 Å². The van der Waals surface area contributed by atoms with E-state index in [0.717, 1.165) is 0 Å². The molecule has 0 saturated carbocycles. The van der Waals surface area contributed by atoms with Crippen molar-refractivity contribution < 1.29 is 24.1 Å². The van der Waals surface area contributed by atoms with E-state index in [4.69, 9.17) is 14.6 Å². The predicted octanol–water partition coefficient (Wildman–Crippen LogP) is -0.104. The Labute approximate surface area is 89.3 Å². The summed E-state index contributed by atoms with van der Waals surface area (Å²) in [6.07, 6.45) is 4.27. The number of hydrogen-bond acceptors (Lipinski definition) is 5. The Kier molecular flexibility index (Phi) is 5.60. The highest BCUT2D eigenvalue weighted by Gasteiger charge is 2.29. The van der Waals surface area contributed by atoms with Crippen molar-refractivity contribution in [1.29, 1.82) is 0 Å². The van der Waals surface area contributed by atoms with Gasteiger partial charge in [-0.15, -0.1) is 0 Å². The van der Waals surface area contributed by atoms with Crippen LogP contribution in [0, 0.1) is 19.3 Å². The second-order valence-electron chi connectivity index (χ2n) is 2.97. The molecule has 15 heavy (non-hydrogen) atoms. The quantitative estimate of drug-likeness (QED) is 0.512. The first-order chi connectivity index (χ1) is 7.27. The van der Waals surface area contributed by atoms with E-state index in [-0.39, 0.29) is 6.61 Å². The Hall–Kier alpha value is -0.650. The van der Waals surface area contributed by atoms with E-state index >= 15 is 0 Å². The van der Waals surface area contributed by atoms with E-state index in [1.54, 1.807) is 19.3 Å². The molecule has 3 radical (unpaired) electrons. The smallest absolute Gasteiger partial charge is 0.335 e. The number of rotatable bonds is 5. The molecule has 1 aliphatic heterocycles. The molecule has 0 aromatic heterocycles. The lowest BCUT2D eigenvalue weighted by Crippen LogP contribution is -2.37. The maximum absolute atomic E-state index is 11.1. The van der Waals surface area contributed by atoms with E-state index in [1.165, 1.54) is 7.11 Å². The van der Waals surface area contributed by atoms with Crippen molar-refractivity contribution in [3.05, 3.63) is 19.3 Å². The first-order valence-corrected chi connectivity index (χ1v) is 4.75. The van der Waals surface area contributed by atoms with Gasteiger partial charge in [-0.05, 0) is 12.8 Å². The third kappa shape index (κ3) is 4.15. The Morgan fingerprint density at radius 1 is 1.53 bits per heavy atom. The third-order valence-corrected chi connectivity index (χ3v) is 1.85. The summed E-state index contributed by atoms with van der Waals surface area (Å²) in [6.45, 7) is 0.461. The van der Waals surface area contributed by atoms with Crippen LogP contribution in [0.5, 0.6) is 0 Å². The number of esters is 1. The van der Waals surface area contributed by atoms with Crippen LogP contribution in [-0.4, -0.2) is 43.8 Å². The molecule has 5 nitrogen and oxygen atoms in total. The van der Waals surface area contributed by atoms with Gasteiger partial charge >= 0.3 is 5.97 Å². The molecule has 0 aliphatic carbocycles. The molecule has 0 spiro atoms. The van der Waals surface area contributed by atoms with Crippen molar-refractivity contribution in [2.24, 2.45) is 0 Å². The highest BCUT2D eigenvalue weighted by Crippen LogP contribution is 2.18. The zero-order valence-corrected chi connectivity index (χ0v) is 8.59. The lowest BCUT2D eigenvalue weighted by atomic mass is 10.1. The zero-order valence-electron chi connectivity index (χ0n) is 8.59. The van der Waals surface area contributed by atoms with Gasteiger partial charge in [0, 0.05) is 19.4 Å². The monoisotopic (exact) mass is 215 g/mol. The highest BCUT2D eigenvalue weighted by molar-refractivity contribution is 5.76. The number of aliphatic hydroxyl groups excluding tert-OH is 1. The predicted molar refractivity (Wildman–Crippen MR) is 51.2 cm³/mol. The van der Waals surface area contributed by atoms with Crippen LogP contribution < -0.4 is 0 Å². The van der Waals surface area contributed by atoms with Gasteiger partial charge in [-0.25, -0.2) is 4.79 Å². The fraction of sp³-hybridized carbons (Fsp3) is 0.600. The number of aliphatic hydroxyl groups is 1. The van der Waals surface area contributed by atoms with Gasteiger partial charge in [0.2, 0.25) is 0 Å². The van der Waals surface area contributed by atoms with Gasteiger partial charge in [-0.1, -0.05) is 0 Å². The third-order valence-electron chi connectivity index (χ3n) is 1.85. The Morgan fingerprint density at radius 2 is 2.33 bits per heavy atom. The van der Waals surface area contributed by atoms with Crippen molar-refractivity contribution in [2.45, 2.75) is 18.8 Å². The first kappa shape index (κ1) is 12.4. The van der Waals surface area contributed by atoms with E-state index in [9.17, 15) is 4.79 Å². The Bertz CT molecular complexity index is 194. The molecule has 1 heterocycles. The average Bonchev–Trinajstić information content (AvgIpc) is 2.29. The maximum Gasteiger partial charge on any atom is 0.335 e. The molecule has 0 bridgehead atoms. The molecule has 1 saturated heterocycles. The van der Waals surface area contributed by atoms with Crippen LogP contribution in [0.3, 0.4) is 0 Å². The van der Waals surface area contributed by atoms with Gasteiger partial charge < -0.3 is 19.3 Å².